The van der Waals surface area contributed by atoms with Gasteiger partial charge in [0, 0.05) is 10.0 Å². The minimum Gasteiger partial charge on any atom is -0.290 e. The second kappa shape index (κ2) is 7.09. The molecule has 100 valence electrons. The predicted molar refractivity (Wildman–Crippen MR) is 86.0 cm³/mol. The third-order valence-corrected chi connectivity index (χ3v) is 3.12. The molecule has 0 saturated heterocycles. The van der Waals surface area contributed by atoms with Crippen LogP contribution in [0.25, 0.3) is 12.2 Å². The molecule has 0 spiro atoms. The molecule has 0 saturated carbocycles. The van der Waals surface area contributed by atoms with Crippen molar-refractivity contribution in [3.63, 3.8) is 0 Å². The molecule has 20 heavy (non-hydrogen) atoms. The number of benzene rings is 2. The molecule has 2 aromatic carbocycles. The van der Waals surface area contributed by atoms with E-state index in [1.807, 2.05) is 24.3 Å². The van der Waals surface area contributed by atoms with Crippen LogP contribution in [-0.2, 0) is 4.79 Å². The molecule has 0 bridgehead atoms. The van der Waals surface area contributed by atoms with E-state index in [0.29, 0.717) is 10.0 Å². The van der Waals surface area contributed by atoms with E-state index in [0.717, 1.165) is 11.1 Å². The summed E-state index contributed by atoms with van der Waals surface area (Å²) in [4.78, 5) is 11.7. The summed E-state index contributed by atoms with van der Waals surface area (Å²) in [5.74, 6) is -0.0742. The maximum Gasteiger partial charge on any atom is 0.178 e. The van der Waals surface area contributed by atoms with Crippen LogP contribution in [0.2, 0.25) is 10.0 Å². The summed E-state index contributed by atoms with van der Waals surface area (Å²) < 4.78 is 0. The van der Waals surface area contributed by atoms with Crippen LogP contribution in [0.5, 0.6) is 0 Å². The lowest BCUT2D eigenvalue weighted by atomic mass is 10.1. The predicted octanol–water partition coefficient (Wildman–Crippen LogP) is 5.29. The van der Waals surface area contributed by atoms with Crippen LogP contribution in [0, 0.1) is 0 Å². The van der Waals surface area contributed by atoms with Crippen LogP contribution in [0.4, 0.5) is 0 Å². The van der Waals surface area contributed by atoms with Crippen LogP contribution < -0.4 is 0 Å². The topological polar surface area (TPSA) is 17.1 Å². The first-order chi connectivity index (χ1) is 9.63. The van der Waals surface area contributed by atoms with Gasteiger partial charge in [-0.25, -0.2) is 0 Å². The second-order valence-corrected chi connectivity index (χ2v) is 5.05. The number of ketones is 1. The SMILES string of the molecule is O=C(/C=C/c1ccc(Cl)cc1)/C=C/c1ccc(Cl)cc1. The Kier molecular flexibility index (Phi) is 5.16. The van der Waals surface area contributed by atoms with Gasteiger partial charge in [-0.05, 0) is 47.5 Å². The number of hydrogen-bond donors (Lipinski definition) is 0. The summed E-state index contributed by atoms with van der Waals surface area (Å²) in [6.45, 7) is 0. The van der Waals surface area contributed by atoms with Gasteiger partial charge in [-0.3, -0.25) is 4.79 Å². The fourth-order valence-corrected chi connectivity index (χ4v) is 1.81. The highest BCUT2D eigenvalue weighted by atomic mass is 35.5. The molecule has 0 fully saturated rings. The van der Waals surface area contributed by atoms with Crippen molar-refractivity contribution in [3.8, 4) is 0 Å². The standard InChI is InChI=1S/C17H12Cl2O/c18-15-7-1-13(2-8-15)5-11-17(20)12-6-14-3-9-16(19)10-4-14/h1-12H/b11-5+,12-6+. The first-order valence-corrected chi connectivity index (χ1v) is 6.80. The molecule has 0 atom stereocenters. The molecule has 3 heteroatoms. The van der Waals surface area contributed by atoms with E-state index in [4.69, 9.17) is 23.2 Å². The Morgan fingerprint density at radius 3 is 1.40 bits per heavy atom. The molecular weight excluding hydrogens is 291 g/mol. The highest BCUT2D eigenvalue weighted by molar-refractivity contribution is 6.30. The third-order valence-electron chi connectivity index (χ3n) is 2.62. The van der Waals surface area contributed by atoms with Gasteiger partial charge in [0.25, 0.3) is 0 Å². The average Bonchev–Trinajstić information content (AvgIpc) is 2.46. The first-order valence-electron chi connectivity index (χ1n) is 6.05. The number of carbonyl (C=O) groups is 1. The Bertz CT molecular complexity index is 580. The molecule has 0 aliphatic heterocycles. The molecule has 0 amide bonds. The normalized spacial score (nSPS) is 11.3. The van der Waals surface area contributed by atoms with E-state index < -0.39 is 0 Å². The Morgan fingerprint density at radius 2 is 1.05 bits per heavy atom. The quantitative estimate of drug-likeness (QED) is 0.701. The fraction of sp³-hybridized carbons (Fsp3) is 0. The van der Waals surface area contributed by atoms with Crippen molar-refractivity contribution >= 4 is 41.1 Å². The summed E-state index contributed by atoms with van der Waals surface area (Å²) in [6, 6.07) is 14.6. The van der Waals surface area contributed by atoms with Crippen LogP contribution in [0.3, 0.4) is 0 Å². The zero-order valence-electron chi connectivity index (χ0n) is 10.6. The van der Waals surface area contributed by atoms with E-state index >= 15 is 0 Å². The van der Waals surface area contributed by atoms with Crippen molar-refractivity contribution in [1.82, 2.24) is 0 Å². The molecule has 0 radical (unpaired) electrons. The zero-order chi connectivity index (χ0) is 14.4. The second-order valence-electron chi connectivity index (χ2n) is 4.17. The van der Waals surface area contributed by atoms with Crippen LogP contribution in [0.1, 0.15) is 11.1 Å². The number of rotatable bonds is 4. The molecule has 0 aromatic heterocycles. The smallest absolute Gasteiger partial charge is 0.178 e. The van der Waals surface area contributed by atoms with Crippen LogP contribution in [-0.4, -0.2) is 5.78 Å². The van der Waals surface area contributed by atoms with Gasteiger partial charge >= 0.3 is 0 Å². The van der Waals surface area contributed by atoms with Gasteiger partial charge in [0.2, 0.25) is 0 Å². The molecule has 0 unspecified atom stereocenters. The molecule has 2 aromatic rings. The van der Waals surface area contributed by atoms with Crippen molar-refractivity contribution in [2.24, 2.45) is 0 Å². The number of hydrogen-bond acceptors (Lipinski definition) is 1. The van der Waals surface area contributed by atoms with Gasteiger partial charge in [-0.1, -0.05) is 59.6 Å². The maximum atomic E-state index is 11.7. The minimum atomic E-state index is -0.0742. The lowest BCUT2D eigenvalue weighted by Gasteiger charge is -1.93. The summed E-state index contributed by atoms with van der Waals surface area (Å²) in [5.41, 5.74) is 1.87. The van der Waals surface area contributed by atoms with Gasteiger partial charge in [0.15, 0.2) is 5.78 Å². The van der Waals surface area contributed by atoms with E-state index in [1.165, 1.54) is 12.2 Å². The van der Waals surface area contributed by atoms with E-state index in [9.17, 15) is 4.79 Å². The summed E-state index contributed by atoms with van der Waals surface area (Å²) in [7, 11) is 0. The Labute approximate surface area is 128 Å². The van der Waals surface area contributed by atoms with Gasteiger partial charge in [-0.2, -0.15) is 0 Å². The van der Waals surface area contributed by atoms with Crippen molar-refractivity contribution in [2.45, 2.75) is 0 Å². The summed E-state index contributed by atoms with van der Waals surface area (Å²) in [5, 5.41) is 1.35. The molecular formula is C17H12Cl2O. The van der Waals surface area contributed by atoms with E-state index in [-0.39, 0.29) is 5.78 Å². The van der Waals surface area contributed by atoms with E-state index in [1.54, 1.807) is 36.4 Å². The Hall–Kier alpha value is -1.83. The lowest BCUT2D eigenvalue weighted by Crippen LogP contribution is -1.84. The van der Waals surface area contributed by atoms with Crippen molar-refractivity contribution in [3.05, 3.63) is 81.9 Å². The van der Waals surface area contributed by atoms with Gasteiger partial charge in [0.1, 0.15) is 0 Å². The highest BCUT2D eigenvalue weighted by Gasteiger charge is 1.92. The van der Waals surface area contributed by atoms with Crippen LogP contribution in [0.15, 0.2) is 60.7 Å². The van der Waals surface area contributed by atoms with Gasteiger partial charge < -0.3 is 0 Å². The Morgan fingerprint density at radius 1 is 0.700 bits per heavy atom. The van der Waals surface area contributed by atoms with E-state index in [2.05, 4.69) is 0 Å². The summed E-state index contributed by atoms with van der Waals surface area (Å²) in [6.07, 6.45) is 6.56. The third kappa shape index (κ3) is 4.69. The highest BCUT2D eigenvalue weighted by Crippen LogP contribution is 2.12. The van der Waals surface area contributed by atoms with Crippen molar-refractivity contribution in [2.75, 3.05) is 0 Å². The molecule has 1 nitrogen and oxygen atoms in total. The van der Waals surface area contributed by atoms with Gasteiger partial charge in [0.05, 0.1) is 0 Å². The number of allylic oxidation sites excluding steroid dienone is 2. The lowest BCUT2D eigenvalue weighted by molar-refractivity contribution is -0.110. The number of halogens is 2. The molecule has 2 rings (SSSR count). The zero-order valence-corrected chi connectivity index (χ0v) is 12.1. The average molecular weight is 303 g/mol. The molecule has 0 heterocycles. The van der Waals surface area contributed by atoms with Gasteiger partial charge in [-0.15, -0.1) is 0 Å². The minimum absolute atomic E-state index is 0.0742. The largest absolute Gasteiger partial charge is 0.290 e. The first kappa shape index (κ1) is 14.6. The molecule has 0 N–H and O–H groups in total. The Balaban J connectivity index is 1.98. The van der Waals surface area contributed by atoms with Crippen LogP contribution >= 0.6 is 23.2 Å². The molecule has 0 aliphatic rings. The number of carbonyl (C=O) groups excluding carboxylic acids is 1. The molecule has 0 aliphatic carbocycles. The monoisotopic (exact) mass is 302 g/mol. The maximum absolute atomic E-state index is 11.7. The fourth-order valence-electron chi connectivity index (χ4n) is 1.56. The summed E-state index contributed by atoms with van der Waals surface area (Å²) >= 11 is 11.6. The van der Waals surface area contributed by atoms with Crippen molar-refractivity contribution < 1.29 is 4.79 Å². The van der Waals surface area contributed by atoms with Crippen molar-refractivity contribution in [1.29, 1.82) is 0 Å².